The number of carbonyl (C=O) groups excluding carboxylic acids is 1. The van der Waals surface area contributed by atoms with Crippen LogP contribution in [-0.2, 0) is 0 Å². The fourth-order valence-electron chi connectivity index (χ4n) is 1.90. The molecule has 0 saturated heterocycles. The molecule has 1 amide bonds. The normalized spacial score (nSPS) is 12.0. The summed E-state index contributed by atoms with van der Waals surface area (Å²) in [7, 11) is 0. The van der Waals surface area contributed by atoms with Crippen molar-refractivity contribution in [3.05, 3.63) is 63.4 Å². The maximum absolute atomic E-state index is 12.0. The highest BCUT2D eigenvalue weighted by Crippen LogP contribution is 2.29. The summed E-state index contributed by atoms with van der Waals surface area (Å²) in [6.07, 6.45) is 2.15. The highest BCUT2D eigenvalue weighted by Gasteiger charge is 2.16. The van der Waals surface area contributed by atoms with Gasteiger partial charge in [0.1, 0.15) is 0 Å². The van der Waals surface area contributed by atoms with Crippen molar-refractivity contribution in [2.75, 3.05) is 6.54 Å². The maximum atomic E-state index is 12.0. The molecule has 0 saturated carbocycles. The number of amides is 1. The van der Waals surface area contributed by atoms with Crippen molar-refractivity contribution >= 4 is 29.1 Å². The van der Waals surface area contributed by atoms with E-state index in [0.717, 1.165) is 5.56 Å². The molecule has 21 heavy (non-hydrogen) atoms. The summed E-state index contributed by atoms with van der Waals surface area (Å²) in [6, 6.07) is 6.69. The Hall–Kier alpha value is -1.62. The summed E-state index contributed by atoms with van der Waals surface area (Å²) in [4.78, 5) is 15.9. The van der Waals surface area contributed by atoms with Crippen molar-refractivity contribution in [1.29, 1.82) is 0 Å². The van der Waals surface area contributed by atoms with Crippen molar-refractivity contribution in [2.24, 2.45) is 0 Å². The number of nitrogens with one attached hydrogen (secondary N) is 1. The monoisotopic (exact) mass is 324 g/mol. The molecule has 2 rings (SSSR count). The molecule has 110 valence electrons. The molecule has 1 unspecified atom stereocenters. The van der Waals surface area contributed by atoms with E-state index in [9.17, 15) is 9.90 Å². The van der Waals surface area contributed by atoms with E-state index in [1.807, 2.05) is 6.92 Å². The molecule has 2 aromatic rings. The predicted octanol–water partition coefficient (Wildman–Crippen LogP) is 3.16. The van der Waals surface area contributed by atoms with Crippen LogP contribution in [0.15, 0.2) is 36.7 Å². The first-order chi connectivity index (χ1) is 9.99. The first kappa shape index (κ1) is 15.8. The number of hydrogen-bond donors (Lipinski definition) is 2. The van der Waals surface area contributed by atoms with Crippen LogP contribution in [0, 0.1) is 6.92 Å². The largest absolute Gasteiger partial charge is 0.386 e. The maximum Gasteiger partial charge on any atom is 0.252 e. The summed E-state index contributed by atoms with van der Waals surface area (Å²) in [5, 5.41) is 13.5. The van der Waals surface area contributed by atoms with Gasteiger partial charge < -0.3 is 10.4 Å². The molecule has 4 nitrogen and oxygen atoms in total. The van der Waals surface area contributed by atoms with Crippen molar-refractivity contribution in [2.45, 2.75) is 13.0 Å². The SMILES string of the molecule is Cc1cncc(C(=O)NCC(O)c2c(Cl)cccc2Cl)c1. The van der Waals surface area contributed by atoms with Gasteiger partial charge in [0, 0.05) is 34.5 Å². The minimum atomic E-state index is -0.979. The molecule has 1 aromatic heterocycles. The van der Waals surface area contributed by atoms with Crippen LogP contribution in [-0.4, -0.2) is 22.5 Å². The Balaban J connectivity index is 2.04. The number of aromatic nitrogens is 1. The van der Waals surface area contributed by atoms with Gasteiger partial charge in [0.15, 0.2) is 0 Å². The van der Waals surface area contributed by atoms with E-state index < -0.39 is 6.10 Å². The molecule has 2 N–H and O–H groups in total. The Kier molecular flexibility index (Phi) is 5.17. The minimum absolute atomic E-state index is 0.0101. The Bertz CT molecular complexity index is 642. The number of nitrogens with zero attached hydrogens (tertiary/aromatic N) is 1. The second-order valence-corrected chi connectivity index (χ2v) is 5.43. The number of aliphatic hydroxyl groups is 1. The smallest absolute Gasteiger partial charge is 0.252 e. The van der Waals surface area contributed by atoms with Gasteiger partial charge >= 0.3 is 0 Å². The summed E-state index contributed by atoms with van der Waals surface area (Å²) >= 11 is 12.0. The number of rotatable bonds is 4. The molecule has 0 bridgehead atoms. The number of hydrogen-bond acceptors (Lipinski definition) is 3. The molecule has 1 atom stereocenters. The average molecular weight is 325 g/mol. The topological polar surface area (TPSA) is 62.2 Å². The van der Waals surface area contributed by atoms with E-state index in [0.29, 0.717) is 21.2 Å². The zero-order valence-electron chi connectivity index (χ0n) is 11.3. The third-order valence-electron chi connectivity index (χ3n) is 2.93. The van der Waals surface area contributed by atoms with Crippen LogP contribution in [0.1, 0.15) is 27.6 Å². The van der Waals surface area contributed by atoms with Crippen LogP contribution < -0.4 is 5.32 Å². The fourth-order valence-corrected chi connectivity index (χ4v) is 2.55. The van der Waals surface area contributed by atoms with Gasteiger partial charge in [-0.25, -0.2) is 0 Å². The molecular weight excluding hydrogens is 311 g/mol. The number of carbonyl (C=O) groups is 1. The standard InChI is InChI=1S/C15H14Cl2N2O2/c1-9-5-10(7-18-6-9)15(21)19-8-13(20)14-11(16)3-2-4-12(14)17/h2-7,13,20H,8H2,1H3,(H,19,21). The molecule has 1 aromatic carbocycles. The van der Waals surface area contributed by atoms with Crippen LogP contribution in [0.2, 0.25) is 10.0 Å². The van der Waals surface area contributed by atoms with Gasteiger partial charge in [-0.05, 0) is 30.7 Å². The van der Waals surface area contributed by atoms with Crippen molar-refractivity contribution in [3.63, 3.8) is 0 Å². The third-order valence-corrected chi connectivity index (χ3v) is 3.59. The molecule has 0 fully saturated rings. The molecule has 1 heterocycles. The van der Waals surface area contributed by atoms with Crippen molar-refractivity contribution < 1.29 is 9.90 Å². The van der Waals surface area contributed by atoms with Crippen molar-refractivity contribution in [1.82, 2.24) is 10.3 Å². The lowest BCUT2D eigenvalue weighted by Gasteiger charge is -2.15. The summed E-state index contributed by atoms with van der Waals surface area (Å²) in [5.41, 5.74) is 1.73. The lowest BCUT2D eigenvalue weighted by atomic mass is 10.1. The Morgan fingerprint density at radius 1 is 1.33 bits per heavy atom. The number of aryl methyl sites for hydroxylation is 1. The Labute approximate surface area is 132 Å². The zero-order valence-corrected chi connectivity index (χ0v) is 12.8. The predicted molar refractivity (Wildman–Crippen MR) is 82.7 cm³/mol. The highest BCUT2D eigenvalue weighted by atomic mass is 35.5. The van der Waals surface area contributed by atoms with Gasteiger partial charge in [0.25, 0.3) is 5.91 Å². The molecule has 6 heteroatoms. The number of aliphatic hydroxyl groups excluding tert-OH is 1. The van der Waals surface area contributed by atoms with E-state index in [-0.39, 0.29) is 12.5 Å². The minimum Gasteiger partial charge on any atom is -0.386 e. The van der Waals surface area contributed by atoms with Crippen LogP contribution in [0.4, 0.5) is 0 Å². The van der Waals surface area contributed by atoms with Crippen LogP contribution >= 0.6 is 23.2 Å². The number of halogens is 2. The van der Waals surface area contributed by atoms with Gasteiger partial charge in [-0.2, -0.15) is 0 Å². The number of benzene rings is 1. The van der Waals surface area contributed by atoms with E-state index in [2.05, 4.69) is 10.3 Å². The molecule has 0 aliphatic carbocycles. The van der Waals surface area contributed by atoms with Gasteiger partial charge in [-0.15, -0.1) is 0 Å². The molecule has 0 aliphatic rings. The van der Waals surface area contributed by atoms with Gasteiger partial charge in [-0.3, -0.25) is 9.78 Å². The van der Waals surface area contributed by atoms with E-state index in [4.69, 9.17) is 23.2 Å². The Morgan fingerprint density at radius 2 is 2.00 bits per heavy atom. The van der Waals surface area contributed by atoms with Gasteiger partial charge in [0.05, 0.1) is 11.7 Å². The summed E-state index contributed by atoms with van der Waals surface area (Å²) < 4.78 is 0. The van der Waals surface area contributed by atoms with Gasteiger partial charge in [-0.1, -0.05) is 29.3 Å². The molecule has 0 radical (unpaired) electrons. The van der Waals surface area contributed by atoms with Crippen LogP contribution in [0.3, 0.4) is 0 Å². The third kappa shape index (κ3) is 3.94. The second kappa shape index (κ2) is 6.89. The van der Waals surface area contributed by atoms with Crippen LogP contribution in [0.5, 0.6) is 0 Å². The second-order valence-electron chi connectivity index (χ2n) is 4.61. The lowest BCUT2D eigenvalue weighted by molar-refractivity contribution is 0.0916. The summed E-state index contributed by atoms with van der Waals surface area (Å²) in [6.45, 7) is 1.86. The zero-order chi connectivity index (χ0) is 15.4. The molecule has 0 spiro atoms. The fraction of sp³-hybridized carbons (Fsp3) is 0.200. The van der Waals surface area contributed by atoms with Gasteiger partial charge in [0.2, 0.25) is 0 Å². The van der Waals surface area contributed by atoms with Crippen molar-refractivity contribution in [3.8, 4) is 0 Å². The molecule has 0 aliphatic heterocycles. The average Bonchev–Trinajstić information content (AvgIpc) is 2.44. The Morgan fingerprint density at radius 3 is 2.62 bits per heavy atom. The lowest BCUT2D eigenvalue weighted by Crippen LogP contribution is -2.28. The molecular formula is C15H14Cl2N2O2. The number of pyridine rings is 1. The first-order valence-electron chi connectivity index (χ1n) is 6.31. The highest BCUT2D eigenvalue weighted by molar-refractivity contribution is 6.36. The van der Waals surface area contributed by atoms with Crippen LogP contribution in [0.25, 0.3) is 0 Å². The van der Waals surface area contributed by atoms with E-state index >= 15 is 0 Å². The first-order valence-corrected chi connectivity index (χ1v) is 7.06. The van der Waals surface area contributed by atoms with E-state index in [1.54, 1.807) is 30.5 Å². The quantitative estimate of drug-likeness (QED) is 0.908. The van der Waals surface area contributed by atoms with E-state index in [1.165, 1.54) is 6.20 Å². The summed E-state index contributed by atoms with van der Waals surface area (Å²) in [5.74, 6) is -0.312.